The number of thiocarbonyl (C=S) groups is 2. The SMILES string of the molecule is CC(=NNC(N)=S)C(C)=NNC(N)=S.[Ni]. The average Bonchev–Trinajstić information content (AvgIpc) is 2.09. The zero-order valence-corrected chi connectivity index (χ0v) is 10.8. The molecule has 88 valence electrons. The van der Waals surface area contributed by atoms with Crippen LogP contribution in [0.3, 0.4) is 0 Å². The third kappa shape index (κ3) is 9.52. The molecule has 0 atom stereocenters. The van der Waals surface area contributed by atoms with E-state index in [1.165, 1.54) is 0 Å². The van der Waals surface area contributed by atoms with Gasteiger partial charge in [0.2, 0.25) is 0 Å². The first-order chi connectivity index (χ1) is 6.43. The Hall–Kier alpha value is -0.786. The topological polar surface area (TPSA) is 101 Å². The standard InChI is InChI=1S/C6H12N6S2.Ni/c1-3(9-11-5(7)13)4(2)10-12-6(8)14;/h1-2H3,(H3,7,11,13)(H3,8,12,14);. The summed E-state index contributed by atoms with van der Waals surface area (Å²) in [6, 6.07) is 0. The van der Waals surface area contributed by atoms with Gasteiger partial charge in [0.15, 0.2) is 10.2 Å². The van der Waals surface area contributed by atoms with E-state index in [9.17, 15) is 0 Å². The molecule has 0 radical (unpaired) electrons. The van der Waals surface area contributed by atoms with E-state index in [2.05, 4.69) is 45.5 Å². The van der Waals surface area contributed by atoms with Crippen LogP contribution in [0.4, 0.5) is 0 Å². The number of nitrogens with two attached hydrogens (primary N) is 2. The summed E-state index contributed by atoms with van der Waals surface area (Å²) >= 11 is 9.14. The molecule has 0 aromatic carbocycles. The maximum Gasteiger partial charge on any atom is 0.184 e. The van der Waals surface area contributed by atoms with Crippen molar-refractivity contribution in [2.75, 3.05) is 0 Å². The van der Waals surface area contributed by atoms with E-state index in [0.29, 0.717) is 11.4 Å². The summed E-state index contributed by atoms with van der Waals surface area (Å²) in [6.07, 6.45) is 0. The molecule has 9 heteroatoms. The molecule has 0 bridgehead atoms. The Bertz CT molecular complexity index is 270. The maximum atomic E-state index is 5.18. The van der Waals surface area contributed by atoms with Crippen LogP contribution in [0.5, 0.6) is 0 Å². The predicted molar refractivity (Wildman–Crippen MR) is 66.1 cm³/mol. The van der Waals surface area contributed by atoms with Gasteiger partial charge < -0.3 is 11.5 Å². The minimum atomic E-state index is 0. The molecule has 0 aliphatic rings. The first kappa shape index (κ1) is 16.6. The second kappa shape index (κ2) is 8.52. The van der Waals surface area contributed by atoms with Crippen molar-refractivity contribution in [2.24, 2.45) is 21.7 Å². The number of hydrogen-bond acceptors (Lipinski definition) is 4. The normalized spacial score (nSPS) is 11.3. The molecule has 0 aromatic rings. The van der Waals surface area contributed by atoms with Crippen molar-refractivity contribution >= 4 is 46.1 Å². The monoisotopic (exact) mass is 290 g/mol. The Morgan fingerprint density at radius 1 is 0.933 bits per heavy atom. The van der Waals surface area contributed by atoms with E-state index in [-0.39, 0.29) is 26.7 Å². The molecule has 0 aromatic heterocycles. The molecule has 0 heterocycles. The number of nitrogens with one attached hydrogen (secondary N) is 2. The van der Waals surface area contributed by atoms with Crippen molar-refractivity contribution in [3.05, 3.63) is 0 Å². The zero-order chi connectivity index (χ0) is 11.1. The van der Waals surface area contributed by atoms with Crippen LogP contribution in [-0.2, 0) is 16.5 Å². The van der Waals surface area contributed by atoms with Gasteiger partial charge >= 0.3 is 0 Å². The first-order valence-electron chi connectivity index (χ1n) is 3.63. The minimum Gasteiger partial charge on any atom is -0.375 e. The molecule has 0 aliphatic carbocycles. The zero-order valence-electron chi connectivity index (χ0n) is 8.18. The summed E-state index contributed by atoms with van der Waals surface area (Å²) in [5, 5.41) is 7.89. The molecule has 0 saturated carbocycles. The number of rotatable bonds is 3. The number of hydrazone groups is 2. The van der Waals surface area contributed by atoms with Crippen molar-refractivity contribution < 1.29 is 16.5 Å². The average molecular weight is 291 g/mol. The Morgan fingerprint density at radius 3 is 1.40 bits per heavy atom. The fourth-order valence-electron chi connectivity index (χ4n) is 0.440. The van der Waals surface area contributed by atoms with Gasteiger partial charge in [-0.25, -0.2) is 0 Å². The van der Waals surface area contributed by atoms with Crippen LogP contribution < -0.4 is 22.3 Å². The fraction of sp³-hybridized carbons (Fsp3) is 0.333. The second-order valence-corrected chi connectivity index (χ2v) is 3.23. The van der Waals surface area contributed by atoms with Crippen LogP contribution in [0.2, 0.25) is 0 Å². The molecule has 0 aliphatic heterocycles. The third-order valence-corrected chi connectivity index (χ3v) is 1.37. The van der Waals surface area contributed by atoms with E-state index < -0.39 is 0 Å². The molecule has 15 heavy (non-hydrogen) atoms. The fourth-order valence-corrected chi connectivity index (χ4v) is 0.531. The van der Waals surface area contributed by atoms with Gasteiger partial charge in [-0.2, -0.15) is 10.2 Å². The van der Waals surface area contributed by atoms with Crippen LogP contribution in [-0.4, -0.2) is 21.6 Å². The quantitative estimate of drug-likeness (QED) is 0.240. The Morgan fingerprint density at radius 2 is 1.20 bits per heavy atom. The molecule has 0 saturated heterocycles. The maximum absolute atomic E-state index is 5.18. The van der Waals surface area contributed by atoms with E-state index in [1.807, 2.05) is 0 Å². The summed E-state index contributed by atoms with van der Waals surface area (Å²) in [5.41, 5.74) is 16.5. The largest absolute Gasteiger partial charge is 0.375 e. The smallest absolute Gasteiger partial charge is 0.184 e. The van der Waals surface area contributed by atoms with Crippen molar-refractivity contribution in [3.8, 4) is 0 Å². The number of nitrogens with zero attached hydrogens (tertiary/aromatic N) is 2. The van der Waals surface area contributed by atoms with Gasteiger partial charge in [0.1, 0.15) is 0 Å². The molecular formula is C6H12N6NiS2. The summed E-state index contributed by atoms with van der Waals surface area (Å²) in [6.45, 7) is 3.48. The van der Waals surface area contributed by atoms with Crippen molar-refractivity contribution in [1.29, 1.82) is 0 Å². The van der Waals surface area contributed by atoms with Crippen LogP contribution in [0.15, 0.2) is 10.2 Å². The van der Waals surface area contributed by atoms with E-state index in [0.717, 1.165) is 0 Å². The van der Waals surface area contributed by atoms with Crippen molar-refractivity contribution in [2.45, 2.75) is 13.8 Å². The van der Waals surface area contributed by atoms with Gasteiger partial charge in [-0.1, -0.05) is 0 Å². The third-order valence-electron chi connectivity index (χ3n) is 1.19. The molecule has 0 unspecified atom stereocenters. The molecular weight excluding hydrogens is 279 g/mol. The number of hydrogen-bond donors (Lipinski definition) is 4. The molecule has 0 fully saturated rings. The van der Waals surface area contributed by atoms with Gasteiger partial charge in [-0.3, -0.25) is 10.9 Å². The summed E-state index contributed by atoms with van der Waals surface area (Å²) in [5.74, 6) is 0. The Balaban J connectivity index is 0. The minimum absolute atomic E-state index is 0. The molecule has 0 rings (SSSR count). The van der Waals surface area contributed by atoms with Crippen molar-refractivity contribution in [1.82, 2.24) is 10.9 Å². The molecule has 0 spiro atoms. The molecule has 6 nitrogen and oxygen atoms in total. The van der Waals surface area contributed by atoms with Crippen LogP contribution >= 0.6 is 24.4 Å². The summed E-state index contributed by atoms with van der Waals surface area (Å²) in [4.78, 5) is 0. The van der Waals surface area contributed by atoms with Gasteiger partial charge in [0.25, 0.3) is 0 Å². The Kier molecular flexibility index (Phi) is 9.45. The van der Waals surface area contributed by atoms with Gasteiger partial charge in [0, 0.05) is 16.5 Å². The molecule has 0 amide bonds. The first-order valence-corrected chi connectivity index (χ1v) is 4.45. The van der Waals surface area contributed by atoms with E-state index in [4.69, 9.17) is 11.5 Å². The van der Waals surface area contributed by atoms with Crippen LogP contribution in [0, 0.1) is 0 Å². The van der Waals surface area contributed by atoms with E-state index >= 15 is 0 Å². The van der Waals surface area contributed by atoms with Crippen LogP contribution in [0.25, 0.3) is 0 Å². The van der Waals surface area contributed by atoms with E-state index in [1.54, 1.807) is 13.8 Å². The summed E-state index contributed by atoms with van der Waals surface area (Å²) < 4.78 is 0. The molecule has 6 N–H and O–H groups in total. The predicted octanol–water partition coefficient (Wildman–Crippen LogP) is -0.598. The van der Waals surface area contributed by atoms with Gasteiger partial charge in [0.05, 0.1) is 11.4 Å². The second-order valence-electron chi connectivity index (χ2n) is 2.35. The van der Waals surface area contributed by atoms with Crippen molar-refractivity contribution in [3.63, 3.8) is 0 Å². The Labute approximate surface area is 109 Å². The van der Waals surface area contributed by atoms with Gasteiger partial charge in [-0.15, -0.1) is 0 Å². The summed E-state index contributed by atoms with van der Waals surface area (Å²) in [7, 11) is 0. The van der Waals surface area contributed by atoms with Gasteiger partial charge in [-0.05, 0) is 38.3 Å². The van der Waals surface area contributed by atoms with Crippen LogP contribution in [0.1, 0.15) is 13.8 Å².